The van der Waals surface area contributed by atoms with Crippen LogP contribution in [0.1, 0.15) is 18.4 Å². The first kappa shape index (κ1) is 20.3. The lowest BCUT2D eigenvalue weighted by molar-refractivity contribution is -0.173. The summed E-state index contributed by atoms with van der Waals surface area (Å²) in [6.45, 7) is 0.0205. The van der Waals surface area contributed by atoms with Crippen molar-refractivity contribution >= 4 is 17.5 Å². The Bertz CT molecular complexity index is 764. The number of para-hydroxylation sites is 2. The van der Waals surface area contributed by atoms with Gasteiger partial charge in [0.2, 0.25) is 5.91 Å². The lowest BCUT2D eigenvalue weighted by atomic mass is 10.1. The zero-order valence-electron chi connectivity index (χ0n) is 14.4. The molecule has 27 heavy (non-hydrogen) atoms. The highest BCUT2D eigenvalue weighted by Crippen LogP contribution is 2.18. The molecule has 0 aliphatic heterocycles. The number of halogens is 3. The number of benzene rings is 2. The second kappa shape index (κ2) is 9.61. The zero-order chi connectivity index (χ0) is 19.7. The molecule has 0 aromatic heterocycles. The first-order valence-corrected chi connectivity index (χ1v) is 8.27. The fourth-order valence-electron chi connectivity index (χ4n) is 2.22. The minimum absolute atomic E-state index is 0.191. The van der Waals surface area contributed by atoms with E-state index in [0.717, 1.165) is 0 Å². The molecule has 0 aliphatic rings. The fourth-order valence-corrected chi connectivity index (χ4v) is 2.22. The van der Waals surface area contributed by atoms with Crippen molar-refractivity contribution in [2.24, 2.45) is 0 Å². The summed E-state index contributed by atoms with van der Waals surface area (Å²) in [6, 6.07) is 15.5. The van der Waals surface area contributed by atoms with Crippen LogP contribution in [0.5, 0.6) is 5.75 Å². The predicted molar refractivity (Wildman–Crippen MR) is 94.1 cm³/mol. The summed E-state index contributed by atoms with van der Waals surface area (Å²) in [5, 5.41) is 4.43. The van der Waals surface area contributed by atoms with Gasteiger partial charge in [-0.15, -0.1) is 0 Å². The Morgan fingerprint density at radius 2 is 1.63 bits per heavy atom. The average molecular weight is 380 g/mol. The zero-order valence-corrected chi connectivity index (χ0v) is 14.4. The Labute approximate surface area is 154 Å². The maximum atomic E-state index is 12.3. The minimum atomic E-state index is -4.95. The fraction of sp³-hybridized carbons (Fsp3) is 0.263. The van der Waals surface area contributed by atoms with E-state index in [0.29, 0.717) is 30.0 Å². The number of carbonyl (C=O) groups is 2. The van der Waals surface area contributed by atoms with Crippen LogP contribution in [-0.4, -0.2) is 24.6 Å². The number of hydrogen-bond acceptors (Lipinski definition) is 3. The summed E-state index contributed by atoms with van der Waals surface area (Å²) in [7, 11) is 0. The number of nitrogens with one attached hydrogen (secondary N) is 2. The van der Waals surface area contributed by atoms with Gasteiger partial charge in [-0.2, -0.15) is 13.2 Å². The van der Waals surface area contributed by atoms with Crippen molar-refractivity contribution in [1.82, 2.24) is 5.32 Å². The Balaban J connectivity index is 1.80. The molecule has 2 aromatic carbocycles. The molecule has 8 heteroatoms. The molecular weight excluding hydrogens is 361 g/mol. The van der Waals surface area contributed by atoms with Gasteiger partial charge < -0.3 is 15.4 Å². The summed E-state index contributed by atoms with van der Waals surface area (Å²) in [6.07, 6.45) is -4.28. The largest absolute Gasteiger partial charge is 0.494 e. The Morgan fingerprint density at radius 1 is 0.963 bits per heavy atom. The van der Waals surface area contributed by atoms with Gasteiger partial charge in [-0.3, -0.25) is 9.59 Å². The van der Waals surface area contributed by atoms with Gasteiger partial charge in [0.05, 0.1) is 6.61 Å². The molecule has 0 aliphatic carbocycles. The van der Waals surface area contributed by atoms with Gasteiger partial charge in [-0.25, -0.2) is 0 Å². The molecule has 0 unspecified atom stereocenters. The number of hydrogen-bond donors (Lipinski definition) is 2. The van der Waals surface area contributed by atoms with E-state index in [4.69, 9.17) is 4.74 Å². The summed E-state index contributed by atoms with van der Waals surface area (Å²) in [5.74, 6) is -1.60. The molecule has 0 fully saturated rings. The van der Waals surface area contributed by atoms with Crippen LogP contribution < -0.4 is 15.4 Å². The Hall–Kier alpha value is -3.03. The predicted octanol–water partition coefficient (Wildman–Crippen LogP) is 3.66. The van der Waals surface area contributed by atoms with Crippen LogP contribution in [-0.2, 0) is 16.1 Å². The van der Waals surface area contributed by atoms with Crippen molar-refractivity contribution in [1.29, 1.82) is 0 Å². The van der Waals surface area contributed by atoms with Gasteiger partial charge in [-0.05, 0) is 30.2 Å². The first-order chi connectivity index (χ1) is 12.9. The summed E-state index contributed by atoms with van der Waals surface area (Å²) >= 11 is 0. The number of ether oxygens (including phenoxy) is 1. The smallest absolute Gasteiger partial charge is 0.471 e. The van der Waals surface area contributed by atoms with E-state index in [1.165, 1.54) is 6.07 Å². The SMILES string of the molecule is O=C(CCCOc1ccccc1)Nc1ccccc1CNC(=O)C(F)(F)F. The van der Waals surface area contributed by atoms with E-state index >= 15 is 0 Å². The van der Waals surface area contributed by atoms with E-state index in [-0.39, 0.29) is 18.9 Å². The number of alkyl halides is 3. The summed E-state index contributed by atoms with van der Waals surface area (Å²) < 4.78 is 42.3. The van der Waals surface area contributed by atoms with Gasteiger partial charge in [-0.1, -0.05) is 36.4 Å². The van der Waals surface area contributed by atoms with Crippen molar-refractivity contribution in [3.8, 4) is 5.75 Å². The monoisotopic (exact) mass is 380 g/mol. The lowest BCUT2D eigenvalue weighted by Crippen LogP contribution is -2.36. The van der Waals surface area contributed by atoms with Crippen LogP contribution in [0.15, 0.2) is 54.6 Å². The van der Waals surface area contributed by atoms with E-state index < -0.39 is 12.1 Å². The van der Waals surface area contributed by atoms with E-state index in [1.54, 1.807) is 23.5 Å². The van der Waals surface area contributed by atoms with Crippen LogP contribution in [0.25, 0.3) is 0 Å². The molecule has 2 amide bonds. The number of anilines is 1. The molecule has 2 aromatic rings. The van der Waals surface area contributed by atoms with Gasteiger partial charge in [0.25, 0.3) is 0 Å². The van der Waals surface area contributed by atoms with Gasteiger partial charge in [0.1, 0.15) is 5.75 Å². The summed E-state index contributed by atoms with van der Waals surface area (Å²) in [4.78, 5) is 23.0. The maximum Gasteiger partial charge on any atom is 0.471 e. The molecule has 5 nitrogen and oxygen atoms in total. The van der Waals surface area contributed by atoms with Crippen molar-refractivity contribution < 1.29 is 27.5 Å². The van der Waals surface area contributed by atoms with Crippen molar-refractivity contribution in [2.75, 3.05) is 11.9 Å². The van der Waals surface area contributed by atoms with Gasteiger partial charge >= 0.3 is 12.1 Å². The molecule has 0 spiro atoms. The first-order valence-electron chi connectivity index (χ1n) is 8.27. The molecule has 0 radical (unpaired) electrons. The van der Waals surface area contributed by atoms with Crippen LogP contribution in [0.4, 0.5) is 18.9 Å². The number of amides is 2. The molecule has 0 saturated carbocycles. The molecule has 0 bridgehead atoms. The quantitative estimate of drug-likeness (QED) is 0.687. The van der Waals surface area contributed by atoms with E-state index in [2.05, 4.69) is 5.32 Å². The van der Waals surface area contributed by atoms with E-state index in [1.807, 2.05) is 30.3 Å². The van der Waals surface area contributed by atoms with Crippen molar-refractivity contribution in [3.63, 3.8) is 0 Å². The van der Waals surface area contributed by atoms with Crippen LogP contribution >= 0.6 is 0 Å². The highest BCUT2D eigenvalue weighted by atomic mass is 19.4. The minimum Gasteiger partial charge on any atom is -0.494 e. The second-order valence-electron chi connectivity index (χ2n) is 5.65. The van der Waals surface area contributed by atoms with Crippen LogP contribution in [0.2, 0.25) is 0 Å². The van der Waals surface area contributed by atoms with E-state index in [9.17, 15) is 22.8 Å². The third-order valence-electron chi connectivity index (χ3n) is 3.55. The van der Waals surface area contributed by atoms with Gasteiger partial charge in [0.15, 0.2) is 0 Å². The van der Waals surface area contributed by atoms with Crippen molar-refractivity contribution in [2.45, 2.75) is 25.6 Å². The highest BCUT2D eigenvalue weighted by molar-refractivity contribution is 5.91. The Morgan fingerprint density at radius 3 is 2.33 bits per heavy atom. The topological polar surface area (TPSA) is 67.4 Å². The highest BCUT2D eigenvalue weighted by Gasteiger charge is 2.38. The molecule has 2 N–H and O–H groups in total. The van der Waals surface area contributed by atoms with Crippen LogP contribution in [0, 0.1) is 0 Å². The molecule has 0 saturated heterocycles. The standard InChI is InChI=1S/C19H19F3N2O3/c20-19(21,22)18(26)23-13-14-7-4-5-10-16(14)24-17(25)11-6-12-27-15-8-2-1-3-9-15/h1-5,7-10H,6,11-13H2,(H,23,26)(H,24,25). The average Bonchev–Trinajstić information content (AvgIpc) is 2.64. The molecular formula is C19H19F3N2O3. The van der Waals surface area contributed by atoms with Crippen LogP contribution in [0.3, 0.4) is 0 Å². The molecule has 144 valence electrons. The third kappa shape index (κ3) is 7.01. The molecule has 2 rings (SSSR count). The van der Waals surface area contributed by atoms with Crippen molar-refractivity contribution in [3.05, 3.63) is 60.2 Å². The Kier molecular flexibility index (Phi) is 7.22. The normalized spacial score (nSPS) is 10.9. The summed E-state index contributed by atoms with van der Waals surface area (Å²) in [5.41, 5.74) is 0.734. The number of rotatable bonds is 8. The maximum absolute atomic E-state index is 12.3. The molecule has 0 atom stereocenters. The lowest BCUT2D eigenvalue weighted by Gasteiger charge is -2.13. The number of carbonyl (C=O) groups excluding carboxylic acids is 2. The molecule has 0 heterocycles. The third-order valence-corrected chi connectivity index (χ3v) is 3.55. The van der Waals surface area contributed by atoms with Gasteiger partial charge in [0, 0.05) is 18.7 Å². The second-order valence-corrected chi connectivity index (χ2v) is 5.65.